The summed E-state index contributed by atoms with van der Waals surface area (Å²) in [7, 11) is 1.72. The number of hydrogen-bond donors (Lipinski definition) is 0. The van der Waals surface area contributed by atoms with Gasteiger partial charge in [0, 0.05) is 11.5 Å². The molecule has 14 heavy (non-hydrogen) atoms. The molecule has 0 fully saturated rings. The van der Waals surface area contributed by atoms with Crippen molar-refractivity contribution in [2.75, 3.05) is 24.0 Å². The van der Waals surface area contributed by atoms with Gasteiger partial charge in [0.2, 0.25) is 0 Å². The molecule has 0 saturated carbocycles. The maximum absolute atomic E-state index is 5.84. The summed E-state index contributed by atoms with van der Waals surface area (Å²) >= 11 is 8.14. The third-order valence-electron chi connectivity index (χ3n) is 2.21. The zero-order valence-electron chi connectivity index (χ0n) is 9.35. The molecular formula is C10H20ClIO2. The van der Waals surface area contributed by atoms with Crippen LogP contribution in [0, 0.1) is 5.92 Å². The number of rotatable bonds is 7. The van der Waals surface area contributed by atoms with E-state index in [-0.39, 0.29) is 11.7 Å². The van der Waals surface area contributed by atoms with Gasteiger partial charge in [0.15, 0.2) is 0 Å². The van der Waals surface area contributed by atoms with Gasteiger partial charge < -0.3 is 9.47 Å². The van der Waals surface area contributed by atoms with Crippen LogP contribution < -0.4 is 0 Å². The van der Waals surface area contributed by atoms with Gasteiger partial charge in [-0.1, -0.05) is 36.4 Å². The highest BCUT2D eigenvalue weighted by Gasteiger charge is 2.25. The van der Waals surface area contributed by atoms with Crippen LogP contribution in [0.4, 0.5) is 0 Å². The normalized spacial score (nSPS) is 18.2. The van der Waals surface area contributed by atoms with Crippen molar-refractivity contribution in [3.63, 3.8) is 0 Å². The molecule has 2 atom stereocenters. The second-order valence-corrected chi connectivity index (χ2v) is 5.08. The van der Waals surface area contributed by atoms with Gasteiger partial charge in [0.1, 0.15) is 0 Å². The first-order chi connectivity index (χ1) is 6.49. The van der Waals surface area contributed by atoms with E-state index in [0.29, 0.717) is 18.4 Å². The Morgan fingerprint density at radius 2 is 2.00 bits per heavy atom. The number of methoxy groups -OCH3 is 1. The van der Waals surface area contributed by atoms with Crippen molar-refractivity contribution in [2.24, 2.45) is 5.92 Å². The van der Waals surface area contributed by atoms with Gasteiger partial charge in [-0.25, -0.2) is 0 Å². The average molecular weight is 335 g/mol. The predicted molar refractivity (Wildman–Crippen MR) is 69.6 cm³/mol. The van der Waals surface area contributed by atoms with Gasteiger partial charge in [-0.2, -0.15) is 0 Å². The molecule has 2 unspecified atom stereocenters. The first-order valence-electron chi connectivity index (χ1n) is 4.77. The Morgan fingerprint density at radius 1 is 1.43 bits per heavy atom. The fourth-order valence-electron chi connectivity index (χ4n) is 0.929. The van der Waals surface area contributed by atoms with Gasteiger partial charge in [-0.15, -0.1) is 11.6 Å². The molecular weight excluding hydrogens is 314 g/mol. The molecule has 0 heterocycles. The van der Waals surface area contributed by atoms with Crippen LogP contribution >= 0.6 is 34.2 Å². The molecule has 2 nitrogen and oxygen atoms in total. The van der Waals surface area contributed by atoms with Crippen LogP contribution in [0.5, 0.6) is 0 Å². The molecule has 0 radical (unpaired) electrons. The van der Waals surface area contributed by atoms with Crippen molar-refractivity contribution in [2.45, 2.75) is 32.5 Å². The molecule has 0 aromatic heterocycles. The highest BCUT2D eigenvalue weighted by molar-refractivity contribution is 14.1. The standard InChI is InChI=1S/C10H20ClIO2/c1-8(2)9(13-4)5-14-10(3,6-11)7-12/h8-9H,5-7H2,1-4H3. The monoisotopic (exact) mass is 334 g/mol. The number of ether oxygens (including phenoxy) is 2. The van der Waals surface area contributed by atoms with E-state index in [1.165, 1.54) is 0 Å². The van der Waals surface area contributed by atoms with Crippen molar-refractivity contribution < 1.29 is 9.47 Å². The minimum Gasteiger partial charge on any atom is -0.379 e. The fraction of sp³-hybridized carbons (Fsp3) is 1.00. The summed E-state index contributed by atoms with van der Waals surface area (Å²) in [6, 6.07) is 0. The van der Waals surface area contributed by atoms with E-state index < -0.39 is 0 Å². The SMILES string of the molecule is COC(COC(C)(CCl)CI)C(C)C. The van der Waals surface area contributed by atoms with Crippen molar-refractivity contribution in [1.29, 1.82) is 0 Å². The number of halogens is 2. The Labute approximate surface area is 106 Å². The third-order valence-corrected chi connectivity index (χ3v) is 4.39. The Kier molecular flexibility index (Phi) is 7.74. The van der Waals surface area contributed by atoms with E-state index in [9.17, 15) is 0 Å². The molecule has 86 valence electrons. The molecule has 0 N–H and O–H groups in total. The number of hydrogen-bond acceptors (Lipinski definition) is 2. The van der Waals surface area contributed by atoms with Gasteiger partial charge in [-0.3, -0.25) is 0 Å². The zero-order chi connectivity index (χ0) is 11.2. The van der Waals surface area contributed by atoms with E-state index in [0.717, 1.165) is 4.43 Å². The lowest BCUT2D eigenvalue weighted by Gasteiger charge is -2.29. The van der Waals surface area contributed by atoms with Gasteiger partial charge >= 0.3 is 0 Å². The summed E-state index contributed by atoms with van der Waals surface area (Å²) in [4.78, 5) is 0. The summed E-state index contributed by atoms with van der Waals surface area (Å²) in [5.41, 5.74) is -0.228. The first-order valence-corrected chi connectivity index (χ1v) is 6.83. The summed E-state index contributed by atoms with van der Waals surface area (Å²) in [6.45, 7) is 6.89. The number of alkyl halides is 2. The van der Waals surface area contributed by atoms with Crippen LogP contribution in [-0.2, 0) is 9.47 Å². The van der Waals surface area contributed by atoms with Crippen molar-refractivity contribution in [1.82, 2.24) is 0 Å². The topological polar surface area (TPSA) is 18.5 Å². The average Bonchev–Trinajstić information content (AvgIpc) is 2.18. The molecule has 0 aromatic carbocycles. The molecule has 0 aromatic rings. The summed E-state index contributed by atoms with van der Waals surface area (Å²) in [5.74, 6) is 0.985. The van der Waals surface area contributed by atoms with Crippen LogP contribution in [0.1, 0.15) is 20.8 Å². The molecule has 4 heteroatoms. The summed E-state index contributed by atoms with van der Waals surface area (Å²) in [6.07, 6.45) is 0.153. The Morgan fingerprint density at radius 3 is 2.29 bits per heavy atom. The summed E-state index contributed by atoms with van der Waals surface area (Å²) < 4.78 is 12.0. The second-order valence-electron chi connectivity index (χ2n) is 4.05. The van der Waals surface area contributed by atoms with Gasteiger partial charge in [0.05, 0.1) is 24.2 Å². The maximum atomic E-state index is 5.84. The lowest BCUT2D eigenvalue weighted by atomic mass is 10.1. The Balaban J connectivity index is 4.00. The molecule has 0 saturated heterocycles. The van der Waals surface area contributed by atoms with E-state index in [1.54, 1.807) is 7.11 Å². The largest absolute Gasteiger partial charge is 0.379 e. The van der Waals surface area contributed by atoms with Crippen LogP contribution in [0.25, 0.3) is 0 Å². The van der Waals surface area contributed by atoms with Gasteiger partial charge in [-0.05, 0) is 12.8 Å². The highest BCUT2D eigenvalue weighted by Crippen LogP contribution is 2.18. The lowest BCUT2D eigenvalue weighted by molar-refractivity contribution is -0.0690. The smallest absolute Gasteiger partial charge is 0.0879 e. The first kappa shape index (κ1) is 14.9. The van der Waals surface area contributed by atoms with Crippen molar-refractivity contribution in [3.8, 4) is 0 Å². The Hall–Kier alpha value is 0.940. The van der Waals surface area contributed by atoms with E-state index in [1.807, 2.05) is 6.92 Å². The van der Waals surface area contributed by atoms with Crippen molar-refractivity contribution in [3.05, 3.63) is 0 Å². The van der Waals surface area contributed by atoms with Crippen LogP contribution in [0.3, 0.4) is 0 Å². The molecule has 0 rings (SSSR count). The summed E-state index contributed by atoms with van der Waals surface area (Å²) in [5, 5.41) is 0. The molecule has 0 spiro atoms. The van der Waals surface area contributed by atoms with E-state index in [2.05, 4.69) is 36.4 Å². The molecule has 0 aliphatic carbocycles. The van der Waals surface area contributed by atoms with Gasteiger partial charge in [0.25, 0.3) is 0 Å². The van der Waals surface area contributed by atoms with Crippen molar-refractivity contribution >= 4 is 34.2 Å². The van der Waals surface area contributed by atoms with Crippen LogP contribution in [-0.4, -0.2) is 35.7 Å². The third kappa shape index (κ3) is 5.14. The lowest BCUT2D eigenvalue weighted by Crippen LogP contribution is -2.37. The van der Waals surface area contributed by atoms with E-state index >= 15 is 0 Å². The zero-order valence-corrected chi connectivity index (χ0v) is 12.3. The minimum atomic E-state index is -0.228. The minimum absolute atomic E-state index is 0.153. The van der Waals surface area contributed by atoms with Crippen LogP contribution in [0.15, 0.2) is 0 Å². The maximum Gasteiger partial charge on any atom is 0.0879 e. The molecule has 0 aliphatic heterocycles. The molecule has 0 aliphatic rings. The predicted octanol–water partition coefficient (Wildman–Crippen LogP) is 3.11. The Bertz CT molecular complexity index is 149. The molecule has 0 bridgehead atoms. The second kappa shape index (κ2) is 7.25. The van der Waals surface area contributed by atoms with E-state index in [4.69, 9.17) is 21.1 Å². The quantitative estimate of drug-likeness (QED) is 0.526. The van der Waals surface area contributed by atoms with Crippen LogP contribution in [0.2, 0.25) is 0 Å². The highest BCUT2D eigenvalue weighted by atomic mass is 127. The fourth-order valence-corrected chi connectivity index (χ4v) is 1.91. The molecule has 0 amide bonds.